The SMILES string of the molecule is CCCCCC#CCCC(C)OS(CCCCCCN(C)C)(OC(C)CCC#CCCCCC)OC(C)CCC#CCCCCC. The highest BCUT2D eigenvalue weighted by atomic mass is 32.3. The van der Waals surface area contributed by atoms with Crippen molar-refractivity contribution in [2.24, 2.45) is 0 Å². The lowest BCUT2D eigenvalue weighted by Gasteiger charge is -2.43. The summed E-state index contributed by atoms with van der Waals surface area (Å²) in [6.45, 7) is 14.4. The van der Waals surface area contributed by atoms with Crippen LogP contribution >= 0.6 is 10.9 Å². The molecule has 0 spiro atoms. The molecule has 0 bridgehead atoms. The fourth-order valence-corrected chi connectivity index (χ4v) is 7.69. The molecule has 0 aliphatic carbocycles. The highest BCUT2D eigenvalue weighted by Gasteiger charge is 2.33. The average molecular weight is 662 g/mol. The second-order valence-corrected chi connectivity index (χ2v) is 15.3. The molecule has 0 saturated carbocycles. The van der Waals surface area contributed by atoms with Crippen LogP contribution in [0.1, 0.15) is 183 Å². The first-order valence-corrected chi connectivity index (χ1v) is 20.7. The van der Waals surface area contributed by atoms with Gasteiger partial charge in [-0.1, -0.05) is 72.1 Å². The lowest BCUT2D eigenvalue weighted by Crippen LogP contribution is -2.27. The first-order valence-electron chi connectivity index (χ1n) is 19.2. The van der Waals surface area contributed by atoms with E-state index >= 15 is 0 Å². The minimum absolute atomic E-state index is 0.0183. The van der Waals surface area contributed by atoms with Gasteiger partial charge in [0.15, 0.2) is 0 Å². The molecule has 0 aliphatic heterocycles. The van der Waals surface area contributed by atoms with E-state index < -0.39 is 10.9 Å². The molecule has 0 heterocycles. The van der Waals surface area contributed by atoms with Crippen molar-refractivity contribution >= 4 is 10.9 Å². The Morgan fingerprint density at radius 2 is 0.804 bits per heavy atom. The van der Waals surface area contributed by atoms with E-state index in [4.69, 9.17) is 12.5 Å². The van der Waals surface area contributed by atoms with Gasteiger partial charge in [-0.25, -0.2) is 0 Å². The Bertz CT molecular complexity index is 773. The largest absolute Gasteiger partial charge is 0.309 e. The molecular weight excluding hydrogens is 587 g/mol. The molecule has 46 heavy (non-hydrogen) atoms. The average Bonchev–Trinajstić information content (AvgIpc) is 3.01. The van der Waals surface area contributed by atoms with Crippen molar-refractivity contribution in [1.29, 1.82) is 0 Å². The molecule has 0 aromatic carbocycles. The third-order valence-corrected chi connectivity index (χ3v) is 10.5. The quantitative estimate of drug-likeness (QED) is 0.0617. The molecule has 3 atom stereocenters. The van der Waals surface area contributed by atoms with Gasteiger partial charge in [0.2, 0.25) is 0 Å². The molecule has 0 saturated heterocycles. The summed E-state index contributed by atoms with van der Waals surface area (Å²) >= 11 is 0. The van der Waals surface area contributed by atoms with Gasteiger partial charge in [0, 0.05) is 44.3 Å². The van der Waals surface area contributed by atoms with Crippen molar-refractivity contribution in [2.45, 2.75) is 201 Å². The molecule has 0 fully saturated rings. The van der Waals surface area contributed by atoms with Crippen LogP contribution in [0.4, 0.5) is 0 Å². The maximum Gasteiger partial charge on any atom is 0.0895 e. The van der Waals surface area contributed by atoms with Gasteiger partial charge in [-0.05, 0) is 92.8 Å². The Morgan fingerprint density at radius 1 is 0.457 bits per heavy atom. The van der Waals surface area contributed by atoms with Crippen LogP contribution in [-0.2, 0) is 12.5 Å². The van der Waals surface area contributed by atoms with Crippen LogP contribution in [0.5, 0.6) is 0 Å². The molecule has 268 valence electrons. The predicted molar refractivity (Wildman–Crippen MR) is 205 cm³/mol. The number of rotatable bonds is 28. The van der Waals surface area contributed by atoms with E-state index in [9.17, 15) is 0 Å². The van der Waals surface area contributed by atoms with E-state index in [-0.39, 0.29) is 18.3 Å². The van der Waals surface area contributed by atoms with Crippen LogP contribution in [0.2, 0.25) is 0 Å². The zero-order valence-electron chi connectivity index (χ0n) is 31.8. The fraction of sp³-hybridized carbons (Fsp3) is 0.854. The standard InChI is InChI=1S/C41H75NO3S/c1-9-12-15-18-21-24-29-34-39(4)43-46(38-33-28-27-32-37-42(7)8,44-40(5)35-30-25-22-19-16-13-10-2)45-41(6)36-31-26-23-20-17-14-11-3/h39-41H,9-20,27-38H2,1-8H3. The topological polar surface area (TPSA) is 30.9 Å². The summed E-state index contributed by atoms with van der Waals surface area (Å²) < 4.78 is 20.7. The third-order valence-electron chi connectivity index (χ3n) is 7.80. The highest BCUT2D eigenvalue weighted by Crippen LogP contribution is 2.56. The normalized spacial score (nSPS) is 15.0. The zero-order chi connectivity index (χ0) is 34.1. The predicted octanol–water partition coefficient (Wildman–Crippen LogP) is 12.0. The molecule has 4 nitrogen and oxygen atoms in total. The summed E-state index contributed by atoms with van der Waals surface area (Å²) in [4.78, 5) is 2.27. The maximum absolute atomic E-state index is 6.90. The molecular formula is C41H75NO3S. The minimum atomic E-state index is -2.22. The van der Waals surface area contributed by atoms with Crippen molar-refractivity contribution in [2.75, 3.05) is 26.4 Å². The van der Waals surface area contributed by atoms with E-state index in [0.29, 0.717) is 0 Å². The molecule has 0 aromatic rings. The summed E-state index contributed by atoms with van der Waals surface area (Å²) in [7, 11) is 2.08. The van der Waals surface area contributed by atoms with Gasteiger partial charge in [-0.3, -0.25) is 12.5 Å². The van der Waals surface area contributed by atoms with Crippen LogP contribution < -0.4 is 0 Å². The van der Waals surface area contributed by atoms with Crippen molar-refractivity contribution in [3.63, 3.8) is 0 Å². The van der Waals surface area contributed by atoms with Gasteiger partial charge in [0.05, 0.1) is 29.2 Å². The highest BCUT2D eigenvalue weighted by molar-refractivity contribution is 8.21. The second-order valence-electron chi connectivity index (χ2n) is 13.2. The number of nitrogens with zero attached hydrogens (tertiary/aromatic N) is 1. The summed E-state index contributed by atoms with van der Waals surface area (Å²) in [5.74, 6) is 21.1. The van der Waals surface area contributed by atoms with E-state index in [1.807, 2.05) is 0 Å². The Kier molecular flexibility index (Phi) is 31.6. The molecule has 0 aliphatic rings. The molecule has 0 N–H and O–H groups in total. The Labute approximate surface area is 290 Å². The van der Waals surface area contributed by atoms with Crippen molar-refractivity contribution in [3.8, 4) is 35.5 Å². The van der Waals surface area contributed by atoms with Gasteiger partial charge in [0.1, 0.15) is 0 Å². The Morgan fingerprint density at radius 3 is 1.15 bits per heavy atom. The van der Waals surface area contributed by atoms with Gasteiger partial charge in [-0.15, -0.1) is 35.5 Å². The second kappa shape index (κ2) is 32.4. The number of unbranched alkanes of at least 4 members (excludes halogenated alkanes) is 12. The lowest BCUT2D eigenvalue weighted by atomic mass is 10.2. The van der Waals surface area contributed by atoms with Crippen LogP contribution in [-0.4, -0.2) is 49.6 Å². The van der Waals surface area contributed by atoms with Crippen LogP contribution in [0.15, 0.2) is 0 Å². The van der Waals surface area contributed by atoms with Crippen molar-refractivity contribution in [3.05, 3.63) is 0 Å². The van der Waals surface area contributed by atoms with E-state index in [1.165, 1.54) is 70.6 Å². The van der Waals surface area contributed by atoms with Crippen LogP contribution in [0.3, 0.4) is 0 Å². The van der Waals surface area contributed by atoms with E-state index in [2.05, 4.69) is 96.1 Å². The molecule has 0 rings (SSSR count). The first kappa shape index (κ1) is 44.9. The summed E-state index contributed by atoms with van der Waals surface area (Å²) in [5, 5.41) is 0. The van der Waals surface area contributed by atoms with Gasteiger partial charge < -0.3 is 4.90 Å². The van der Waals surface area contributed by atoms with Crippen LogP contribution in [0.25, 0.3) is 0 Å². The monoisotopic (exact) mass is 662 g/mol. The smallest absolute Gasteiger partial charge is 0.0895 e. The zero-order valence-corrected chi connectivity index (χ0v) is 32.6. The number of hydrogen-bond donors (Lipinski definition) is 0. The third kappa shape index (κ3) is 29.0. The molecule has 3 unspecified atom stereocenters. The summed E-state index contributed by atoms with van der Waals surface area (Å²) in [6.07, 6.45) is 24.0. The number of hydrogen-bond acceptors (Lipinski definition) is 4. The van der Waals surface area contributed by atoms with Crippen LogP contribution in [0, 0.1) is 35.5 Å². The first-order chi connectivity index (χ1) is 22.3. The minimum Gasteiger partial charge on any atom is -0.309 e. The summed E-state index contributed by atoms with van der Waals surface area (Å²) in [5.41, 5.74) is 0. The van der Waals surface area contributed by atoms with Gasteiger partial charge in [0.25, 0.3) is 0 Å². The molecule has 5 heteroatoms. The van der Waals surface area contributed by atoms with Gasteiger partial charge >= 0.3 is 0 Å². The Balaban J connectivity index is 5.61. The van der Waals surface area contributed by atoms with E-state index in [0.717, 1.165) is 82.9 Å². The molecule has 0 radical (unpaired) electrons. The maximum atomic E-state index is 6.90. The van der Waals surface area contributed by atoms with Crippen molar-refractivity contribution < 1.29 is 12.5 Å². The van der Waals surface area contributed by atoms with Crippen molar-refractivity contribution in [1.82, 2.24) is 4.90 Å². The molecule has 0 aromatic heterocycles. The lowest BCUT2D eigenvalue weighted by molar-refractivity contribution is 0.0821. The Hall–Kier alpha value is -1.13. The fourth-order valence-electron chi connectivity index (χ4n) is 4.91. The molecule has 0 amide bonds. The summed E-state index contributed by atoms with van der Waals surface area (Å²) in [6, 6.07) is 0. The van der Waals surface area contributed by atoms with E-state index in [1.54, 1.807) is 0 Å². The van der Waals surface area contributed by atoms with Gasteiger partial charge in [-0.2, -0.15) is 0 Å².